The van der Waals surface area contributed by atoms with Gasteiger partial charge in [0.2, 0.25) is 5.91 Å². The molecule has 1 heterocycles. The monoisotopic (exact) mass is 359 g/mol. The lowest BCUT2D eigenvalue weighted by Crippen LogP contribution is -2.49. The van der Waals surface area contributed by atoms with Crippen molar-refractivity contribution in [2.45, 2.75) is 46.5 Å². The van der Waals surface area contributed by atoms with Crippen LogP contribution in [-0.2, 0) is 17.5 Å². The largest absolute Gasteiger partial charge is 0.416 e. The van der Waals surface area contributed by atoms with E-state index in [1.165, 1.54) is 19.1 Å². The number of benzene rings is 1. The normalized spacial score (nSPS) is 19.1. The number of rotatable bonds is 3. The van der Waals surface area contributed by atoms with E-state index in [9.17, 15) is 18.0 Å². The molecule has 0 aromatic heterocycles. The number of carbonyl (C=O) groups is 1. The summed E-state index contributed by atoms with van der Waals surface area (Å²) in [6.45, 7) is 9.91. The van der Waals surface area contributed by atoms with Crippen LogP contribution in [0.25, 0.3) is 0 Å². The molecule has 7 heteroatoms. The summed E-state index contributed by atoms with van der Waals surface area (Å²) in [5.41, 5.74) is -0.279. The lowest BCUT2D eigenvalue weighted by atomic mass is 10.0. The Labute approximate surface area is 148 Å². The van der Waals surface area contributed by atoms with Crippen LogP contribution in [0.1, 0.15) is 38.8 Å². The van der Waals surface area contributed by atoms with E-state index in [2.05, 4.69) is 17.1 Å². The molecule has 1 atom stereocenters. The van der Waals surface area contributed by atoms with E-state index in [0.717, 1.165) is 25.7 Å². The van der Waals surface area contributed by atoms with Crippen LogP contribution < -0.4 is 5.32 Å². The highest BCUT2D eigenvalue weighted by atomic mass is 19.4. The van der Waals surface area contributed by atoms with Crippen LogP contribution in [0.5, 0.6) is 0 Å². The number of halogens is 3. The Hall–Kier alpha value is -1.60. The molecule has 1 amide bonds. The summed E-state index contributed by atoms with van der Waals surface area (Å²) >= 11 is 0. The van der Waals surface area contributed by atoms with Crippen molar-refractivity contribution in [3.05, 3.63) is 29.3 Å². The molecule has 142 valence electrons. The van der Waals surface area contributed by atoms with E-state index < -0.39 is 17.6 Å². The van der Waals surface area contributed by atoms with Gasteiger partial charge in [0.1, 0.15) is 0 Å². The van der Waals surface area contributed by atoms with Crippen LogP contribution in [0.2, 0.25) is 0 Å². The van der Waals surface area contributed by atoms with Crippen molar-refractivity contribution in [3.8, 4) is 0 Å². The number of piperazine rings is 1. The van der Waals surface area contributed by atoms with Crippen molar-refractivity contribution in [1.29, 1.82) is 0 Å². The summed E-state index contributed by atoms with van der Waals surface area (Å²) < 4.78 is 40.0. The first kappa shape index (κ1) is 21.4. The minimum atomic E-state index is -4.44. The third-order valence-electron chi connectivity index (χ3n) is 4.17. The van der Waals surface area contributed by atoms with Crippen molar-refractivity contribution in [2.24, 2.45) is 0 Å². The molecule has 4 nitrogen and oxygen atoms in total. The number of hydrogen-bond acceptors (Lipinski definition) is 3. The average Bonchev–Trinajstić information content (AvgIpc) is 2.53. The Kier molecular flexibility index (Phi) is 7.89. The van der Waals surface area contributed by atoms with Gasteiger partial charge in [-0.3, -0.25) is 9.69 Å². The summed E-state index contributed by atoms with van der Waals surface area (Å²) in [6.07, 6.45) is -4.44. The summed E-state index contributed by atoms with van der Waals surface area (Å²) in [7, 11) is 2.02. The molecular weight excluding hydrogens is 331 g/mol. The maximum atomic E-state index is 13.3. The predicted molar refractivity (Wildman–Crippen MR) is 94.5 cm³/mol. The Bertz CT molecular complexity index is 575. The van der Waals surface area contributed by atoms with Crippen LogP contribution in [0.15, 0.2) is 18.2 Å². The highest BCUT2D eigenvalue weighted by Crippen LogP contribution is 2.34. The van der Waals surface area contributed by atoms with Gasteiger partial charge in [0, 0.05) is 44.8 Å². The highest BCUT2D eigenvalue weighted by Gasteiger charge is 2.34. The van der Waals surface area contributed by atoms with E-state index in [-0.39, 0.29) is 17.8 Å². The van der Waals surface area contributed by atoms with Gasteiger partial charge in [-0.15, -0.1) is 0 Å². The van der Waals surface area contributed by atoms with Crippen molar-refractivity contribution in [1.82, 2.24) is 9.80 Å². The third-order valence-corrected chi connectivity index (χ3v) is 4.17. The van der Waals surface area contributed by atoms with E-state index in [1.807, 2.05) is 25.8 Å². The van der Waals surface area contributed by atoms with Gasteiger partial charge < -0.3 is 10.2 Å². The molecule has 1 aliphatic heterocycles. The molecule has 0 spiro atoms. The second-order valence-electron chi connectivity index (χ2n) is 6.12. The van der Waals surface area contributed by atoms with E-state index in [0.29, 0.717) is 6.04 Å². The molecule has 1 N–H and O–H groups in total. The molecule has 2 rings (SSSR count). The lowest BCUT2D eigenvalue weighted by Gasteiger charge is -2.38. The summed E-state index contributed by atoms with van der Waals surface area (Å²) in [4.78, 5) is 15.3. The van der Waals surface area contributed by atoms with Crippen molar-refractivity contribution >= 4 is 11.6 Å². The number of amides is 1. The molecule has 0 aliphatic carbocycles. The molecule has 1 aliphatic rings. The molecule has 1 saturated heterocycles. The zero-order valence-corrected chi connectivity index (χ0v) is 15.6. The number of nitrogens with zero attached hydrogens (tertiary/aromatic N) is 2. The minimum Gasteiger partial charge on any atom is -0.326 e. The van der Waals surface area contributed by atoms with Crippen molar-refractivity contribution < 1.29 is 18.0 Å². The molecule has 1 aromatic rings. The van der Waals surface area contributed by atoms with Gasteiger partial charge in [-0.25, -0.2) is 0 Å². The maximum Gasteiger partial charge on any atom is 0.416 e. The standard InChI is InChI=1S/C16H22F3N3O.C2H6/c1-11-9-22(7-6-21(11)3)10-13-4-5-14(20-12(2)23)8-15(13)16(17,18)19;1-2/h4-5,8,11H,6-7,9-10H2,1-3H3,(H,20,23);1-2H3/t11-;/m0./s1. The lowest BCUT2D eigenvalue weighted by molar-refractivity contribution is -0.138. The number of nitrogens with one attached hydrogen (secondary N) is 1. The quantitative estimate of drug-likeness (QED) is 0.891. The molecule has 1 fully saturated rings. The number of alkyl halides is 3. The second kappa shape index (κ2) is 9.20. The van der Waals surface area contributed by atoms with Crippen LogP contribution in [0.4, 0.5) is 18.9 Å². The zero-order valence-electron chi connectivity index (χ0n) is 15.6. The number of carbonyl (C=O) groups excluding carboxylic acids is 1. The Morgan fingerprint density at radius 2 is 1.92 bits per heavy atom. The molecule has 0 bridgehead atoms. The van der Waals surface area contributed by atoms with Gasteiger partial charge in [0.25, 0.3) is 0 Å². The fraction of sp³-hybridized carbons (Fsp3) is 0.611. The summed E-state index contributed by atoms with van der Waals surface area (Å²) in [5.74, 6) is -0.390. The van der Waals surface area contributed by atoms with E-state index >= 15 is 0 Å². The zero-order chi connectivity index (χ0) is 19.2. The molecule has 0 radical (unpaired) electrons. The van der Waals surface area contributed by atoms with E-state index in [1.54, 1.807) is 0 Å². The Morgan fingerprint density at radius 1 is 1.28 bits per heavy atom. The molecule has 1 aromatic carbocycles. The highest BCUT2D eigenvalue weighted by molar-refractivity contribution is 5.88. The Morgan fingerprint density at radius 3 is 2.44 bits per heavy atom. The first-order chi connectivity index (χ1) is 11.7. The van der Waals surface area contributed by atoms with Crippen molar-refractivity contribution in [2.75, 3.05) is 32.0 Å². The number of hydrogen-bond donors (Lipinski definition) is 1. The van der Waals surface area contributed by atoms with Gasteiger partial charge in [0.15, 0.2) is 0 Å². The van der Waals surface area contributed by atoms with Crippen LogP contribution in [-0.4, -0.2) is 48.4 Å². The first-order valence-electron chi connectivity index (χ1n) is 8.57. The molecule has 0 unspecified atom stereocenters. The maximum absolute atomic E-state index is 13.3. The van der Waals surface area contributed by atoms with Gasteiger partial charge in [-0.1, -0.05) is 19.9 Å². The average molecular weight is 359 g/mol. The molecular formula is C18H28F3N3O. The van der Waals surface area contributed by atoms with E-state index in [4.69, 9.17) is 0 Å². The fourth-order valence-electron chi connectivity index (χ4n) is 2.77. The smallest absolute Gasteiger partial charge is 0.326 e. The molecule has 25 heavy (non-hydrogen) atoms. The van der Waals surface area contributed by atoms with Gasteiger partial charge in [0.05, 0.1) is 5.56 Å². The van der Waals surface area contributed by atoms with Crippen LogP contribution >= 0.6 is 0 Å². The van der Waals surface area contributed by atoms with Crippen LogP contribution in [0, 0.1) is 0 Å². The van der Waals surface area contributed by atoms with Gasteiger partial charge in [-0.2, -0.15) is 13.2 Å². The topological polar surface area (TPSA) is 35.6 Å². The number of anilines is 1. The summed E-state index contributed by atoms with van der Waals surface area (Å²) in [5, 5.41) is 2.40. The molecule has 0 saturated carbocycles. The third kappa shape index (κ3) is 6.32. The second-order valence-corrected chi connectivity index (χ2v) is 6.12. The Balaban J connectivity index is 0.00000151. The van der Waals surface area contributed by atoms with Crippen molar-refractivity contribution in [3.63, 3.8) is 0 Å². The SMILES string of the molecule is CC.CC(=O)Nc1ccc(CN2CCN(C)[C@@H](C)C2)c(C(F)(F)F)c1. The fourth-order valence-corrected chi connectivity index (χ4v) is 2.77. The minimum absolute atomic E-state index is 0.167. The van der Waals surface area contributed by atoms with Crippen LogP contribution in [0.3, 0.4) is 0 Å². The first-order valence-corrected chi connectivity index (χ1v) is 8.57. The summed E-state index contributed by atoms with van der Waals surface area (Å²) in [6, 6.07) is 4.30. The predicted octanol–water partition coefficient (Wildman–Crippen LogP) is 3.83. The van der Waals surface area contributed by atoms with Gasteiger partial charge >= 0.3 is 6.18 Å². The van der Waals surface area contributed by atoms with Gasteiger partial charge in [-0.05, 0) is 31.7 Å². The number of likely N-dealkylation sites (N-methyl/N-ethyl adjacent to an activating group) is 1.